The molecule has 0 N–H and O–H groups in total. The summed E-state index contributed by atoms with van der Waals surface area (Å²) in [6.45, 7) is 6.64. The zero-order valence-electron chi connectivity index (χ0n) is 11.0. The molecule has 0 unspecified atom stereocenters. The molecule has 1 aliphatic heterocycles. The van der Waals surface area contributed by atoms with E-state index >= 15 is 0 Å². The van der Waals surface area contributed by atoms with Gasteiger partial charge in [0.1, 0.15) is 6.10 Å². The molecule has 1 spiro atoms. The van der Waals surface area contributed by atoms with Crippen LogP contribution in [0.1, 0.15) is 40.0 Å². The van der Waals surface area contributed by atoms with E-state index in [0.29, 0.717) is 17.8 Å². The minimum Gasteiger partial charge on any atom is -0.462 e. The van der Waals surface area contributed by atoms with Crippen molar-refractivity contribution in [3.05, 3.63) is 12.2 Å². The summed E-state index contributed by atoms with van der Waals surface area (Å²) in [5.74, 6) is 2.24. The molecule has 6 atom stereocenters. The summed E-state index contributed by atoms with van der Waals surface area (Å²) >= 11 is 0. The Hall–Kier alpha value is -0.790. The van der Waals surface area contributed by atoms with Crippen molar-refractivity contribution in [2.75, 3.05) is 0 Å². The second-order valence-electron chi connectivity index (χ2n) is 6.18. The van der Waals surface area contributed by atoms with Crippen LogP contribution in [0.2, 0.25) is 0 Å². The predicted octanol–water partition coefficient (Wildman–Crippen LogP) is 3.18. The van der Waals surface area contributed by atoms with Crippen molar-refractivity contribution in [2.24, 2.45) is 29.1 Å². The number of cyclic esters (lactones) is 1. The van der Waals surface area contributed by atoms with Gasteiger partial charge in [-0.3, -0.25) is 4.79 Å². The first-order chi connectivity index (χ1) is 8.11. The van der Waals surface area contributed by atoms with Crippen LogP contribution < -0.4 is 0 Å². The summed E-state index contributed by atoms with van der Waals surface area (Å²) in [6, 6.07) is 0. The normalized spacial score (nSPS) is 52.2. The van der Waals surface area contributed by atoms with Gasteiger partial charge in [0.15, 0.2) is 0 Å². The lowest BCUT2D eigenvalue weighted by Gasteiger charge is -2.44. The molecule has 1 saturated carbocycles. The standard InChI is InChI=1S/C15H22O2/c1-4-11-9(2)7-8-15-12(5-6-13(11)15)10(3)17-14(15)16/h5-6,9-13H,4,7-8H2,1-3H3/t9-,10-,11+,12+,13-,15-/m0/s1. The highest BCUT2D eigenvalue weighted by Gasteiger charge is 2.63. The topological polar surface area (TPSA) is 26.3 Å². The van der Waals surface area contributed by atoms with E-state index in [4.69, 9.17) is 4.74 Å². The van der Waals surface area contributed by atoms with Gasteiger partial charge in [-0.2, -0.15) is 0 Å². The Balaban J connectivity index is 2.02. The number of ether oxygens (including phenoxy) is 1. The quantitative estimate of drug-likeness (QED) is 0.514. The maximum absolute atomic E-state index is 12.3. The zero-order valence-corrected chi connectivity index (χ0v) is 11.0. The fraction of sp³-hybridized carbons (Fsp3) is 0.800. The van der Waals surface area contributed by atoms with Gasteiger partial charge in [0, 0.05) is 5.92 Å². The van der Waals surface area contributed by atoms with Gasteiger partial charge >= 0.3 is 5.97 Å². The van der Waals surface area contributed by atoms with Crippen LogP contribution in [0.15, 0.2) is 12.2 Å². The number of carbonyl (C=O) groups is 1. The molecule has 17 heavy (non-hydrogen) atoms. The number of carbonyl (C=O) groups excluding carboxylic acids is 1. The van der Waals surface area contributed by atoms with E-state index in [-0.39, 0.29) is 17.5 Å². The van der Waals surface area contributed by atoms with Crippen molar-refractivity contribution < 1.29 is 9.53 Å². The highest BCUT2D eigenvalue weighted by molar-refractivity contribution is 5.82. The smallest absolute Gasteiger partial charge is 0.313 e. The fourth-order valence-electron chi connectivity index (χ4n) is 4.66. The first kappa shape index (κ1) is 11.3. The highest BCUT2D eigenvalue weighted by Crippen LogP contribution is 2.61. The van der Waals surface area contributed by atoms with Gasteiger partial charge in [0.05, 0.1) is 5.41 Å². The first-order valence-electron chi connectivity index (χ1n) is 7.00. The van der Waals surface area contributed by atoms with E-state index in [2.05, 4.69) is 26.0 Å². The minimum atomic E-state index is -0.188. The van der Waals surface area contributed by atoms with Crippen LogP contribution in [0.4, 0.5) is 0 Å². The summed E-state index contributed by atoms with van der Waals surface area (Å²) in [5.41, 5.74) is -0.188. The molecule has 0 aromatic carbocycles. The van der Waals surface area contributed by atoms with Crippen LogP contribution >= 0.6 is 0 Å². The summed E-state index contributed by atoms with van der Waals surface area (Å²) < 4.78 is 5.53. The molecular formula is C15H22O2. The largest absolute Gasteiger partial charge is 0.462 e. The molecule has 1 heterocycles. The van der Waals surface area contributed by atoms with Crippen LogP contribution in [-0.2, 0) is 9.53 Å². The Kier molecular flexibility index (Phi) is 2.39. The highest BCUT2D eigenvalue weighted by atomic mass is 16.6. The molecule has 0 radical (unpaired) electrons. The van der Waals surface area contributed by atoms with Gasteiger partial charge in [-0.05, 0) is 37.5 Å². The molecule has 0 aromatic rings. The van der Waals surface area contributed by atoms with Crippen molar-refractivity contribution in [3.63, 3.8) is 0 Å². The third-order valence-electron chi connectivity index (χ3n) is 5.57. The maximum Gasteiger partial charge on any atom is 0.313 e. The predicted molar refractivity (Wildman–Crippen MR) is 66.3 cm³/mol. The third-order valence-corrected chi connectivity index (χ3v) is 5.57. The Morgan fingerprint density at radius 1 is 1.35 bits per heavy atom. The lowest BCUT2D eigenvalue weighted by atomic mass is 9.56. The van der Waals surface area contributed by atoms with Gasteiger partial charge in [-0.25, -0.2) is 0 Å². The van der Waals surface area contributed by atoms with E-state index in [1.54, 1.807) is 0 Å². The Morgan fingerprint density at radius 3 is 2.76 bits per heavy atom. The second-order valence-corrected chi connectivity index (χ2v) is 6.18. The van der Waals surface area contributed by atoms with E-state index in [0.717, 1.165) is 12.3 Å². The molecule has 0 bridgehead atoms. The minimum absolute atomic E-state index is 0.0784. The lowest BCUT2D eigenvalue weighted by molar-refractivity contribution is -0.153. The molecule has 2 nitrogen and oxygen atoms in total. The van der Waals surface area contributed by atoms with Gasteiger partial charge in [-0.15, -0.1) is 0 Å². The van der Waals surface area contributed by atoms with E-state index in [1.165, 1.54) is 12.8 Å². The Morgan fingerprint density at radius 2 is 2.06 bits per heavy atom. The van der Waals surface area contributed by atoms with Crippen molar-refractivity contribution in [1.82, 2.24) is 0 Å². The van der Waals surface area contributed by atoms with E-state index in [1.807, 2.05) is 6.92 Å². The SMILES string of the molecule is CC[C@@H]1[C@@H](C)CC[C@]23C(=O)O[C@@H](C)[C@H]2C=C[C@@H]13. The van der Waals surface area contributed by atoms with Crippen LogP contribution in [0, 0.1) is 29.1 Å². The Labute approximate surface area is 103 Å². The summed E-state index contributed by atoms with van der Waals surface area (Å²) in [5, 5.41) is 0. The molecule has 3 aliphatic rings. The van der Waals surface area contributed by atoms with Gasteiger partial charge in [0.2, 0.25) is 0 Å². The summed E-state index contributed by atoms with van der Waals surface area (Å²) in [7, 11) is 0. The number of hydrogen-bond acceptors (Lipinski definition) is 2. The lowest BCUT2D eigenvalue weighted by Crippen LogP contribution is -2.45. The molecule has 2 aliphatic carbocycles. The van der Waals surface area contributed by atoms with Crippen LogP contribution in [0.25, 0.3) is 0 Å². The van der Waals surface area contributed by atoms with Crippen LogP contribution in [0.5, 0.6) is 0 Å². The molecule has 3 rings (SSSR count). The average molecular weight is 234 g/mol. The summed E-state index contributed by atoms with van der Waals surface area (Å²) in [4.78, 5) is 12.3. The maximum atomic E-state index is 12.3. The number of allylic oxidation sites excluding steroid dienone is 1. The van der Waals surface area contributed by atoms with Crippen molar-refractivity contribution in [3.8, 4) is 0 Å². The fourth-order valence-corrected chi connectivity index (χ4v) is 4.66. The molecule has 1 saturated heterocycles. The molecule has 0 amide bonds. The molecular weight excluding hydrogens is 212 g/mol. The van der Waals surface area contributed by atoms with Gasteiger partial charge in [-0.1, -0.05) is 32.4 Å². The van der Waals surface area contributed by atoms with Gasteiger partial charge in [0.25, 0.3) is 0 Å². The molecule has 94 valence electrons. The molecule has 2 fully saturated rings. The van der Waals surface area contributed by atoms with Crippen LogP contribution in [-0.4, -0.2) is 12.1 Å². The average Bonchev–Trinajstić information content (AvgIpc) is 2.78. The second kappa shape index (κ2) is 3.60. The number of hydrogen-bond donors (Lipinski definition) is 0. The molecule has 2 heteroatoms. The Bertz CT molecular complexity index is 373. The van der Waals surface area contributed by atoms with Crippen molar-refractivity contribution in [1.29, 1.82) is 0 Å². The summed E-state index contributed by atoms with van der Waals surface area (Å²) in [6.07, 6.45) is 8.04. The zero-order chi connectivity index (χ0) is 12.2. The third kappa shape index (κ3) is 1.24. The van der Waals surface area contributed by atoms with Crippen LogP contribution in [0.3, 0.4) is 0 Å². The monoisotopic (exact) mass is 234 g/mol. The van der Waals surface area contributed by atoms with E-state index in [9.17, 15) is 4.79 Å². The number of rotatable bonds is 1. The van der Waals surface area contributed by atoms with Gasteiger partial charge < -0.3 is 4.74 Å². The first-order valence-corrected chi connectivity index (χ1v) is 7.00. The number of esters is 1. The van der Waals surface area contributed by atoms with Crippen molar-refractivity contribution >= 4 is 5.97 Å². The van der Waals surface area contributed by atoms with Crippen molar-refractivity contribution in [2.45, 2.75) is 46.1 Å². The van der Waals surface area contributed by atoms with E-state index < -0.39 is 0 Å². The molecule has 0 aromatic heterocycles.